The molecule has 0 bridgehead atoms. The van der Waals surface area contributed by atoms with Crippen LogP contribution in [0.3, 0.4) is 0 Å². The quantitative estimate of drug-likeness (QED) is 0.921. The van der Waals surface area contributed by atoms with Crippen LogP contribution in [0.5, 0.6) is 0 Å². The Morgan fingerprint density at radius 1 is 1.22 bits per heavy atom. The Kier molecular flexibility index (Phi) is 3.99. The van der Waals surface area contributed by atoms with Crippen molar-refractivity contribution in [2.24, 2.45) is 5.73 Å². The van der Waals surface area contributed by atoms with Crippen LogP contribution in [0.2, 0.25) is 0 Å². The van der Waals surface area contributed by atoms with E-state index in [1.807, 2.05) is 30.3 Å². The van der Waals surface area contributed by atoms with Crippen LogP contribution in [-0.4, -0.2) is 21.3 Å². The highest BCUT2D eigenvalue weighted by Crippen LogP contribution is 2.35. The van der Waals surface area contributed by atoms with E-state index in [2.05, 4.69) is 14.8 Å². The van der Waals surface area contributed by atoms with Crippen molar-refractivity contribution in [3.8, 4) is 11.4 Å². The Morgan fingerprint density at radius 2 is 1.94 bits per heavy atom. The Balaban J connectivity index is 0.00000120. The Labute approximate surface area is 113 Å². The summed E-state index contributed by atoms with van der Waals surface area (Å²) in [5.41, 5.74) is 6.69. The first-order valence-electron chi connectivity index (χ1n) is 6.09. The average Bonchev–Trinajstić information content (AvgIpc) is 3.13. The van der Waals surface area contributed by atoms with Gasteiger partial charge in [-0.05, 0) is 19.4 Å². The molecule has 1 aromatic heterocycles. The van der Waals surface area contributed by atoms with Crippen molar-refractivity contribution in [1.29, 1.82) is 0 Å². The lowest BCUT2D eigenvalue weighted by molar-refractivity contribution is 0.599. The Bertz CT molecular complexity index is 505. The number of hydrogen-bond donors (Lipinski definition) is 1. The van der Waals surface area contributed by atoms with E-state index in [1.165, 1.54) is 12.8 Å². The number of rotatable bonds is 4. The lowest BCUT2D eigenvalue weighted by Crippen LogP contribution is -2.10. The van der Waals surface area contributed by atoms with Gasteiger partial charge >= 0.3 is 0 Å². The van der Waals surface area contributed by atoms with E-state index in [9.17, 15) is 0 Å². The summed E-state index contributed by atoms with van der Waals surface area (Å²) in [5.74, 6) is 1.84. The topological polar surface area (TPSA) is 56.7 Å². The highest BCUT2D eigenvalue weighted by molar-refractivity contribution is 5.85. The second-order valence-electron chi connectivity index (χ2n) is 4.43. The maximum Gasteiger partial charge on any atom is 0.181 e. The third kappa shape index (κ3) is 2.54. The van der Waals surface area contributed by atoms with Crippen LogP contribution < -0.4 is 5.73 Å². The van der Waals surface area contributed by atoms with E-state index in [4.69, 9.17) is 5.73 Å². The van der Waals surface area contributed by atoms with Crippen molar-refractivity contribution in [3.05, 3.63) is 36.2 Å². The monoisotopic (exact) mass is 264 g/mol. The fourth-order valence-electron chi connectivity index (χ4n) is 1.98. The molecule has 0 aliphatic heterocycles. The van der Waals surface area contributed by atoms with Crippen LogP contribution in [0.15, 0.2) is 30.3 Å². The van der Waals surface area contributed by atoms with Crippen LogP contribution in [-0.2, 0) is 6.42 Å². The molecule has 1 fully saturated rings. The molecule has 0 radical (unpaired) electrons. The molecule has 96 valence electrons. The number of hydrogen-bond acceptors (Lipinski definition) is 3. The summed E-state index contributed by atoms with van der Waals surface area (Å²) >= 11 is 0. The van der Waals surface area contributed by atoms with Crippen LogP contribution >= 0.6 is 12.4 Å². The third-order valence-electron chi connectivity index (χ3n) is 2.99. The molecule has 2 N–H and O–H groups in total. The first-order valence-corrected chi connectivity index (χ1v) is 6.09. The molecule has 3 rings (SSSR count). The maximum absolute atomic E-state index is 5.62. The van der Waals surface area contributed by atoms with Gasteiger partial charge in [0.25, 0.3) is 0 Å². The first-order chi connectivity index (χ1) is 8.38. The molecule has 4 nitrogen and oxygen atoms in total. The van der Waals surface area contributed by atoms with E-state index in [1.54, 1.807) is 0 Å². The largest absolute Gasteiger partial charge is 0.330 e. The summed E-state index contributed by atoms with van der Waals surface area (Å²) in [6.45, 7) is 0.625. The number of aromatic nitrogens is 3. The molecular weight excluding hydrogens is 248 g/mol. The molecule has 0 spiro atoms. The summed E-state index contributed by atoms with van der Waals surface area (Å²) in [7, 11) is 0. The minimum atomic E-state index is 0. The zero-order valence-corrected chi connectivity index (χ0v) is 10.9. The Morgan fingerprint density at radius 3 is 2.56 bits per heavy atom. The van der Waals surface area contributed by atoms with Gasteiger partial charge in [0, 0.05) is 12.0 Å². The third-order valence-corrected chi connectivity index (χ3v) is 2.99. The van der Waals surface area contributed by atoms with Gasteiger partial charge in [0.05, 0.1) is 6.04 Å². The predicted octanol–water partition coefficient (Wildman–Crippen LogP) is 2.20. The van der Waals surface area contributed by atoms with Crippen molar-refractivity contribution in [2.75, 3.05) is 6.54 Å². The summed E-state index contributed by atoms with van der Waals surface area (Å²) in [4.78, 5) is 4.60. The van der Waals surface area contributed by atoms with E-state index < -0.39 is 0 Å². The summed E-state index contributed by atoms with van der Waals surface area (Å²) < 4.78 is 2.06. The first kappa shape index (κ1) is 13.1. The number of benzene rings is 1. The number of halogens is 1. The van der Waals surface area contributed by atoms with Crippen molar-refractivity contribution in [1.82, 2.24) is 14.8 Å². The molecule has 1 aliphatic rings. The second kappa shape index (κ2) is 5.50. The van der Waals surface area contributed by atoms with Crippen molar-refractivity contribution in [2.45, 2.75) is 25.3 Å². The molecule has 5 heteroatoms. The fourth-order valence-corrected chi connectivity index (χ4v) is 1.98. The van der Waals surface area contributed by atoms with Crippen molar-refractivity contribution < 1.29 is 0 Å². The van der Waals surface area contributed by atoms with Gasteiger partial charge in [-0.15, -0.1) is 12.4 Å². The second-order valence-corrected chi connectivity index (χ2v) is 4.43. The molecule has 1 aliphatic carbocycles. The smallest absolute Gasteiger partial charge is 0.181 e. The van der Waals surface area contributed by atoms with Crippen LogP contribution in [0.1, 0.15) is 24.7 Å². The molecule has 2 aromatic rings. The van der Waals surface area contributed by atoms with Crippen molar-refractivity contribution in [3.63, 3.8) is 0 Å². The zero-order chi connectivity index (χ0) is 11.7. The molecule has 0 atom stereocenters. The summed E-state index contributed by atoms with van der Waals surface area (Å²) in [6, 6.07) is 10.7. The van der Waals surface area contributed by atoms with E-state index >= 15 is 0 Å². The molecule has 1 aromatic carbocycles. The van der Waals surface area contributed by atoms with Gasteiger partial charge in [-0.1, -0.05) is 30.3 Å². The van der Waals surface area contributed by atoms with Gasteiger partial charge in [-0.25, -0.2) is 9.67 Å². The van der Waals surface area contributed by atoms with E-state index in [0.717, 1.165) is 23.6 Å². The molecule has 1 saturated carbocycles. The lowest BCUT2D eigenvalue weighted by Gasteiger charge is -2.00. The van der Waals surface area contributed by atoms with E-state index in [-0.39, 0.29) is 12.4 Å². The highest BCUT2D eigenvalue weighted by Gasteiger charge is 2.28. The average molecular weight is 265 g/mol. The summed E-state index contributed by atoms with van der Waals surface area (Å²) in [5, 5.41) is 4.61. The van der Waals surface area contributed by atoms with Crippen LogP contribution in [0, 0.1) is 0 Å². The maximum atomic E-state index is 5.62. The van der Waals surface area contributed by atoms with Gasteiger partial charge in [-0.3, -0.25) is 0 Å². The van der Waals surface area contributed by atoms with Crippen LogP contribution in [0.25, 0.3) is 11.4 Å². The minimum absolute atomic E-state index is 0. The number of nitrogens with two attached hydrogens (primary N) is 1. The van der Waals surface area contributed by atoms with Gasteiger partial charge in [0.1, 0.15) is 5.82 Å². The minimum Gasteiger partial charge on any atom is -0.330 e. The molecule has 0 unspecified atom stereocenters. The van der Waals surface area contributed by atoms with Crippen molar-refractivity contribution >= 4 is 12.4 Å². The predicted molar refractivity (Wildman–Crippen MR) is 73.7 cm³/mol. The molecule has 0 saturated heterocycles. The Hall–Kier alpha value is -1.39. The lowest BCUT2D eigenvalue weighted by atomic mass is 10.2. The fraction of sp³-hybridized carbons (Fsp3) is 0.385. The normalized spacial score (nSPS) is 14.3. The molecular formula is C13H17ClN4. The zero-order valence-electron chi connectivity index (χ0n) is 10.1. The molecule has 1 heterocycles. The van der Waals surface area contributed by atoms with Gasteiger partial charge in [0.2, 0.25) is 0 Å². The highest BCUT2D eigenvalue weighted by atomic mass is 35.5. The molecule has 18 heavy (non-hydrogen) atoms. The van der Waals surface area contributed by atoms with Gasteiger partial charge in [0.15, 0.2) is 5.82 Å². The van der Waals surface area contributed by atoms with Crippen LogP contribution in [0.4, 0.5) is 0 Å². The molecule has 0 amide bonds. The van der Waals surface area contributed by atoms with E-state index in [0.29, 0.717) is 12.6 Å². The number of nitrogens with zero attached hydrogens (tertiary/aromatic N) is 3. The SMILES string of the molecule is Cl.NCCc1nc(-c2ccccc2)nn1C1CC1. The standard InChI is InChI=1S/C13H16N4.ClH/c14-9-8-12-15-13(10-4-2-1-3-5-10)16-17(12)11-6-7-11;/h1-5,11H,6-9,14H2;1H. The van der Waals surface area contributed by atoms with Gasteiger partial charge in [-0.2, -0.15) is 5.10 Å². The van der Waals surface area contributed by atoms with Gasteiger partial charge < -0.3 is 5.73 Å². The summed E-state index contributed by atoms with van der Waals surface area (Å²) in [6.07, 6.45) is 3.24.